The van der Waals surface area contributed by atoms with Gasteiger partial charge in [-0.2, -0.15) is 0 Å². The van der Waals surface area contributed by atoms with Gasteiger partial charge in [-0.25, -0.2) is 9.59 Å². The van der Waals surface area contributed by atoms with Gasteiger partial charge in [-0.1, -0.05) is 72.3 Å². The van der Waals surface area contributed by atoms with Crippen LogP contribution in [0.3, 0.4) is 0 Å². The van der Waals surface area contributed by atoms with Crippen LogP contribution in [0.15, 0.2) is 107 Å². The maximum atomic E-state index is 13.7. The number of hydrogen-bond acceptors (Lipinski definition) is 11. The predicted molar refractivity (Wildman–Crippen MR) is 215 cm³/mol. The predicted octanol–water partition coefficient (Wildman–Crippen LogP) is 7.20. The lowest BCUT2D eigenvalue weighted by atomic mass is 9.80. The maximum Gasteiger partial charge on any atom is 0.383 e. The molecule has 1 unspecified atom stereocenters. The number of ether oxygens (including phenoxy) is 4. The Morgan fingerprint density at radius 1 is 0.839 bits per heavy atom. The standard InChI is InChI=1S/C42H45N2O10PS/c1-26-21-27(2)38(28(3)22-26)40(46)54-55(56,50-7)53-35-23-37(44-24-29(4)39(45)43-41(44)47)52-36(35)25-51-42(30-11-9-8-10-12-30,31-13-17-33(48-5)18-14-31)32-15-19-34(49-6)20-16-32/h8-22,24,35-37H,23,25H2,1-7H3,(H,43,45,47)/t35-,36+,37+,55?/m0/s1. The molecule has 0 radical (unpaired) electrons. The van der Waals surface area contributed by atoms with Gasteiger partial charge in [-0.15, -0.1) is 0 Å². The summed E-state index contributed by atoms with van der Waals surface area (Å²) in [4.78, 5) is 41.4. The summed E-state index contributed by atoms with van der Waals surface area (Å²) in [5.41, 5.74) is 3.13. The Morgan fingerprint density at radius 2 is 1.39 bits per heavy atom. The van der Waals surface area contributed by atoms with Crippen LogP contribution in [0.4, 0.5) is 0 Å². The van der Waals surface area contributed by atoms with Crippen LogP contribution >= 0.6 is 6.72 Å². The summed E-state index contributed by atoms with van der Waals surface area (Å²) in [6, 6.07) is 28.7. The van der Waals surface area contributed by atoms with Crippen molar-refractivity contribution in [2.75, 3.05) is 27.9 Å². The average Bonchev–Trinajstić information content (AvgIpc) is 3.58. The Hall–Kier alpha value is -4.88. The van der Waals surface area contributed by atoms with E-state index in [4.69, 9.17) is 44.3 Å². The number of H-pyrrole nitrogens is 1. The zero-order valence-corrected chi connectivity index (χ0v) is 34.0. The molecule has 0 aliphatic carbocycles. The van der Waals surface area contributed by atoms with E-state index in [2.05, 4.69) is 4.98 Å². The van der Waals surface area contributed by atoms with Gasteiger partial charge in [0.25, 0.3) is 5.56 Å². The molecule has 1 aliphatic heterocycles. The number of methoxy groups -OCH3 is 2. The zero-order valence-electron chi connectivity index (χ0n) is 32.3. The van der Waals surface area contributed by atoms with Gasteiger partial charge in [0.15, 0.2) is 0 Å². The van der Waals surface area contributed by atoms with Gasteiger partial charge < -0.3 is 28.0 Å². The number of hydrogen-bond donors (Lipinski definition) is 1. The summed E-state index contributed by atoms with van der Waals surface area (Å²) in [5.74, 6) is 0.653. The van der Waals surface area contributed by atoms with Crippen LogP contribution in [0.25, 0.3) is 0 Å². The lowest BCUT2D eigenvalue weighted by molar-refractivity contribution is -0.0927. The molecular formula is C42H45N2O10PS. The lowest BCUT2D eigenvalue weighted by Crippen LogP contribution is -2.38. The zero-order chi connectivity index (χ0) is 40.2. The second-order valence-corrected chi connectivity index (χ2v) is 16.6. The topological polar surface area (TPSA) is 137 Å². The highest BCUT2D eigenvalue weighted by Gasteiger charge is 2.45. The van der Waals surface area contributed by atoms with Crippen molar-refractivity contribution in [3.05, 3.63) is 163 Å². The van der Waals surface area contributed by atoms with Crippen LogP contribution in [-0.2, 0) is 40.5 Å². The van der Waals surface area contributed by atoms with Gasteiger partial charge in [0, 0.05) is 37.1 Å². The van der Waals surface area contributed by atoms with Crippen molar-refractivity contribution in [2.45, 2.75) is 58.2 Å². The number of carbonyl (C=O) groups is 1. The molecule has 1 fully saturated rings. The number of benzene rings is 4. The van der Waals surface area contributed by atoms with Crippen molar-refractivity contribution in [2.24, 2.45) is 0 Å². The second-order valence-electron chi connectivity index (χ2n) is 13.6. The largest absolute Gasteiger partial charge is 0.497 e. The van der Waals surface area contributed by atoms with Crippen LogP contribution in [0.2, 0.25) is 0 Å². The number of nitrogens with one attached hydrogen (secondary N) is 1. The first-order valence-corrected chi connectivity index (χ1v) is 20.5. The maximum absolute atomic E-state index is 13.7. The lowest BCUT2D eigenvalue weighted by Gasteiger charge is -2.37. The van der Waals surface area contributed by atoms with Crippen LogP contribution in [0, 0.1) is 27.7 Å². The van der Waals surface area contributed by atoms with Crippen molar-refractivity contribution in [1.29, 1.82) is 0 Å². The van der Waals surface area contributed by atoms with Crippen molar-refractivity contribution in [3.8, 4) is 11.5 Å². The van der Waals surface area contributed by atoms with E-state index in [-0.39, 0.29) is 13.0 Å². The molecule has 4 aromatic carbocycles. The molecule has 6 rings (SSSR count). The summed E-state index contributed by atoms with van der Waals surface area (Å²) in [5, 5.41) is 0. The molecule has 0 saturated carbocycles. The molecule has 2 heterocycles. The van der Waals surface area contributed by atoms with E-state index < -0.39 is 48.0 Å². The molecule has 1 aromatic heterocycles. The molecule has 14 heteroatoms. The molecular weight excluding hydrogens is 756 g/mol. The highest BCUT2D eigenvalue weighted by atomic mass is 32.5. The van der Waals surface area contributed by atoms with Crippen LogP contribution < -0.4 is 20.7 Å². The van der Waals surface area contributed by atoms with Gasteiger partial charge in [0.2, 0.25) is 0 Å². The fourth-order valence-corrected chi connectivity index (χ4v) is 8.72. The first-order chi connectivity index (χ1) is 26.8. The molecule has 294 valence electrons. The summed E-state index contributed by atoms with van der Waals surface area (Å²) >= 11 is 5.82. The SMILES string of the molecule is COc1ccc(C(OC[C@H]2O[C@@H](n3cc(C)c(=O)[nH]c3=O)C[C@@H]2OP(=S)(OC)OC(=O)c2c(C)cc(C)cc2C)(c2ccccc2)c2ccc(OC)cc2)cc1. The Kier molecular flexibility index (Phi) is 12.4. The van der Waals surface area contributed by atoms with E-state index in [9.17, 15) is 14.4 Å². The third-order valence-corrected chi connectivity index (χ3v) is 12.1. The number of aromatic nitrogens is 2. The number of rotatable bonds is 14. The Bertz CT molecular complexity index is 2270. The van der Waals surface area contributed by atoms with Gasteiger partial charge in [0.05, 0.1) is 26.4 Å². The number of aromatic amines is 1. The van der Waals surface area contributed by atoms with Crippen LogP contribution in [-0.4, -0.2) is 55.7 Å². The molecule has 1 saturated heterocycles. The molecule has 1 aliphatic rings. The number of aryl methyl sites for hydroxylation is 4. The van der Waals surface area contributed by atoms with Crippen molar-refractivity contribution in [1.82, 2.24) is 9.55 Å². The molecule has 4 atom stereocenters. The minimum absolute atomic E-state index is 0.0741. The number of nitrogens with zero attached hydrogens (tertiary/aromatic N) is 1. The molecule has 0 spiro atoms. The molecule has 0 bridgehead atoms. The first-order valence-electron chi connectivity index (χ1n) is 17.9. The fraction of sp³-hybridized carbons (Fsp3) is 0.310. The third-order valence-electron chi connectivity index (χ3n) is 9.84. The molecule has 0 amide bonds. The van der Waals surface area contributed by atoms with Crippen molar-refractivity contribution in [3.63, 3.8) is 0 Å². The van der Waals surface area contributed by atoms with Gasteiger partial charge in [0.1, 0.15) is 35.5 Å². The number of carbonyl (C=O) groups excluding carboxylic acids is 1. The van der Waals surface area contributed by atoms with Gasteiger partial charge >= 0.3 is 18.4 Å². The molecule has 56 heavy (non-hydrogen) atoms. The smallest absolute Gasteiger partial charge is 0.383 e. The quantitative estimate of drug-likeness (QED) is 0.0903. The summed E-state index contributed by atoms with van der Waals surface area (Å²) in [6.45, 7) is 3.30. The highest BCUT2D eigenvalue weighted by molar-refractivity contribution is 8.07. The molecule has 5 aromatic rings. The minimum atomic E-state index is -3.79. The van der Waals surface area contributed by atoms with Crippen molar-refractivity contribution >= 4 is 24.5 Å². The normalized spacial score (nSPS) is 17.9. The Balaban J connectivity index is 1.41. The van der Waals surface area contributed by atoms with E-state index >= 15 is 0 Å². The van der Waals surface area contributed by atoms with Gasteiger partial charge in [-0.3, -0.25) is 18.9 Å². The summed E-state index contributed by atoms with van der Waals surface area (Å²) < 4.78 is 44.0. The van der Waals surface area contributed by atoms with E-state index in [0.717, 1.165) is 33.4 Å². The Labute approximate surface area is 330 Å². The van der Waals surface area contributed by atoms with Crippen LogP contribution in [0.1, 0.15) is 62.0 Å². The summed E-state index contributed by atoms with van der Waals surface area (Å²) in [7, 11) is 4.53. The second kappa shape index (κ2) is 17.1. The van der Waals surface area contributed by atoms with E-state index in [0.29, 0.717) is 22.6 Å². The average molecular weight is 801 g/mol. The van der Waals surface area contributed by atoms with E-state index in [1.54, 1.807) is 21.1 Å². The van der Waals surface area contributed by atoms with Crippen molar-refractivity contribution < 1.29 is 37.3 Å². The molecule has 1 N–H and O–H groups in total. The van der Waals surface area contributed by atoms with E-state index in [1.165, 1.54) is 17.9 Å². The monoisotopic (exact) mass is 800 g/mol. The van der Waals surface area contributed by atoms with E-state index in [1.807, 2.05) is 112 Å². The third kappa shape index (κ3) is 8.44. The van der Waals surface area contributed by atoms with Gasteiger partial charge in [-0.05, 0) is 79.8 Å². The fourth-order valence-electron chi connectivity index (χ4n) is 7.13. The first kappa shape index (κ1) is 40.8. The minimum Gasteiger partial charge on any atom is -0.497 e. The Morgan fingerprint density at radius 3 is 1.93 bits per heavy atom. The highest BCUT2D eigenvalue weighted by Crippen LogP contribution is 2.54. The summed E-state index contributed by atoms with van der Waals surface area (Å²) in [6.07, 6.45) is -1.20. The molecule has 12 nitrogen and oxygen atoms in total. The van der Waals surface area contributed by atoms with Crippen LogP contribution in [0.5, 0.6) is 11.5 Å².